The van der Waals surface area contributed by atoms with E-state index in [9.17, 15) is 16.8 Å². The zero-order valence-corrected chi connectivity index (χ0v) is 16.6. The fourth-order valence-electron chi connectivity index (χ4n) is 2.49. The maximum Gasteiger partial charge on any atom is 0.247 e. The van der Waals surface area contributed by atoms with Crippen molar-refractivity contribution >= 4 is 20.0 Å². The van der Waals surface area contributed by atoms with Crippen molar-refractivity contribution in [2.45, 2.75) is 29.7 Å². The minimum absolute atomic E-state index is 0.0284. The SMILES string of the molecule is COc1ccc(C)cc1S(=O)(=O)N(C)[C@H](C)c1ccc(S(N)(=O)=O)cc1. The van der Waals surface area contributed by atoms with Gasteiger partial charge in [0.1, 0.15) is 10.6 Å². The molecule has 9 heteroatoms. The number of methoxy groups -OCH3 is 1. The van der Waals surface area contributed by atoms with E-state index in [2.05, 4.69) is 0 Å². The fraction of sp³-hybridized carbons (Fsp3) is 0.294. The average molecular weight is 399 g/mol. The molecule has 0 heterocycles. The van der Waals surface area contributed by atoms with Gasteiger partial charge in [-0.2, -0.15) is 4.31 Å². The van der Waals surface area contributed by atoms with E-state index in [1.54, 1.807) is 44.2 Å². The highest BCUT2D eigenvalue weighted by atomic mass is 32.2. The Hall–Kier alpha value is -1.94. The Balaban J connectivity index is 2.41. The van der Waals surface area contributed by atoms with Crippen LogP contribution in [0.5, 0.6) is 5.75 Å². The van der Waals surface area contributed by atoms with Crippen LogP contribution in [-0.2, 0) is 20.0 Å². The number of ether oxygens (including phenoxy) is 1. The van der Waals surface area contributed by atoms with Crippen LogP contribution in [0.1, 0.15) is 24.1 Å². The minimum Gasteiger partial charge on any atom is -0.495 e. The quantitative estimate of drug-likeness (QED) is 0.801. The molecule has 0 amide bonds. The summed E-state index contributed by atoms with van der Waals surface area (Å²) in [6.45, 7) is 3.51. The van der Waals surface area contributed by atoms with E-state index in [-0.39, 0.29) is 15.5 Å². The van der Waals surface area contributed by atoms with Gasteiger partial charge in [-0.1, -0.05) is 18.2 Å². The van der Waals surface area contributed by atoms with Crippen molar-refractivity contribution in [3.63, 3.8) is 0 Å². The zero-order chi connectivity index (χ0) is 19.7. The monoisotopic (exact) mass is 398 g/mol. The molecule has 0 bridgehead atoms. The van der Waals surface area contributed by atoms with Crippen LogP contribution in [0.4, 0.5) is 0 Å². The second kappa shape index (κ2) is 7.36. The molecular formula is C17H22N2O5S2. The Kier molecular flexibility index (Phi) is 5.76. The largest absolute Gasteiger partial charge is 0.495 e. The first-order valence-corrected chi connectivity index (χ1v) is 10.7. The molecule has 0 aliphatic rings. The lowest BCUT2D eigenvalue weighted by Gasteiger charge is -2.25. The summed E-state index contributed by atoms with van der Waals surface area (Å²) in [4.78, 5) is 0.0508. The standard InChI is InChI=1S/C17H22N2O5S2/c1-12-5-10-16(24-4)17(11-12)26(22,23)19(3)13(2)14-6-8-15(9-7-14)25(18,20)21/h5-11,13H,1-4H3,(H2,18,20,21)/t13-/m1/s1. The predicted octanol–water partition coefficient (Wildman–Crippen LogP) is 2.03. The molecule has 0 aliphatic heterocycles. The summed E-state index contributed by atoms with van der Waals surface area (Å²) in [7, 11) is -4.74. The molecule has 26 heavy (non-hydrogen) atoms. The molecule has 2 rings (SSSR count). The molecule has 0 radical (unpaired) electrons. The maximum atomic E-state index is 13.0. The highest BCUT2D eigenvalue weighted by molar-refractivity contribution is 7.89. The van der Waals surface area contributed by atoms with Gasteiger partial charge in [0, 0.05) is 13.1 Å². The molecule has 0 saturated carbocycles. The van der Waals surface area contributed by atoms with Crippen LogP contribution in [0.3, 0.4) is 0 Å². The van der Waals surface area contributed by atoms with Gasteiger partial charge in [0.05, 0.1) is 12.0 Å². The van der Waals surface area contributed by atoms with E-state index in [4.69, 9.17) is 9.88 Å². The molecule has 0 unspecified atom stereocenters. The van der Waals surface area contributed by atoms with E-state index in [1.165, 1.54) is 30.6 Å². The highest BCUT2D eigenvalue weighted by Gasteiger charge is 2.29. The average Bonchev–Trinajstić information content (AvgIpc) is 2.59. The van der Waals surface area contributed by atoms with Crippen LogP contribution < -0.4 is 9.88 Å². The zero-order valence-electron chi connectivity index (χ0n) is 15.0. The van der Waals surface area contributed by atoms with E-state index in [1.807, 2.05) is 0 Å². The van der Waals surface area contributed by atoms with Crippen molar-refractivity contribution in [1.82, 2.24) is 4.31 Å². The number of nitrogens with zero attached hydrogens (tertiary/aromatic N) is 1. The normalized spacial score (nSPS) is 13.6. The Labute approximate surface area is 154 Å². The summed E-state index contributed by atoms with van der Waals surface area (Å²) in [6, 6.07) is 10.2. The van der Waals surface area contributed by atoms with Crippen LogP contribution in [0.15, 0.2) is 52.3 Å². The molecule has 7 nitrogen and oxygen atoms in total. The van der Waals surface area contributed by atoms with Crippen molar-refractivity contribution in [2.24, 2.45) is 5.14 Å². The van der Waals surface area contributed by atoms with E-state index < -0.39 is 26.1 Å². The minimum atomic E-state index is -3.82. The maximum absolute atomic E-state index is 13.0. The second-order valence-corrected chi connectivity index (χ2v) is 9.49. The predicted molar refractivity (Wildman–Crippen MR) is 98.9 cm³/mol. The van der Waals surface area contributed by atoms with E-state index in [0.29, 0.717) is 5.56 Å². The summed E-state index contributed by atoms with van der Waals surface area (Å²) < 4.78 is 55.2. The van der Waals surface area contributed by atoms with Gasteiger partial charge in [-0.15, -0.1) is 0 Å². The van der Waals surface area contributed by atoms with Gasteiger partial charge in [0.15, 0.2) is 0 Å². The van der Waals surface area contributed by atoms with Crippen LogP contribution in [0.2, 0.25) is 0 Å². The second-order valence-electron chi connectivity index (χ2n) is 5.97. The number of aryl methyl sites for hydroxylation is 1. The first kappa shape index (κ1) is 20.4. The number of sulfonamides is 2. The molecule has 0 spiro atoms. The van der Waals surface area contributed by atoms with Crippen molar-refractivity contribution in [2.75, 3.05) is 14.2 Å². The molecule has 2 aromatic carbocycles. The highest BCUT2D eigenvalue weighted by Crippen LogP contribution is 2.31. The van der Waals surface area contributed by atoms with Gasteiger partial charge in [0.25, 0.3) is 0 Å². The fourth-order valence-corrected chi connectivity index (χ4v) is 4.60. The number of rotatable bonds is 6. The summed E-state index contributed by atoms with van der Waals surface area (Å²) >= 11 is 0. The third kappa shape index (κ3) is 4.07. The van der Waals surface area contributed by atoms with Gasteiger partial charge in [-0.3, -0.25) is 0 Å². The molecule has 0 aromatic heterocycles. The molecule has 2 N–H and O–H groups in total. The lowest BCUT2D eigenvalue weighted by molar-refractivity contribution is 0.382. The Bertz CT molecular complexity index is 1000. The van der Waals surface area contributed by atoms with Crippen LogP contribution in [-0.4, -0.2) is 35.3 Å². The number of primary sulfonamides is 1. The topological polar surface area (TPSA) is 107 Å². The lowest BCUT2D eigenvalue weighted by Crippen LogP contribution is -2.30. The first-order chi connectivity index (χ1) is 12.0. The molecule has 2 aromatic rings. The third-order valence-electron chi connectivity index (χ3n) is 4.21. The third-order valence-corrected chi connectivity index (χ3v) is 7.09. The van der Waals surface area contributed by atoms with Gasteiger partial charge >= 0.3 is 0 Å². The number of benzene rings is 2. The lowest BCUT2D eigenvalue weighted by atomic mass is 10.1. The molecular weight excluding hydrogens is 376 g/mol. The Morgan fingerprint density at radius 3 is 2.12 bits per heavy atom. The van der Waals surface area contributed by atoms with Crippen LogP contribution in [0.25, 0.3) is 0 Å². The van der Waals surface area contributed by atoms with Crippen molar-refractivity contribution in [3.8, 4) is 5.75 Å². The van der Waals surface area contributed by atoms with E-state index in [0.717, 1.165) is 5.56 Å². The molecule has 1 atom stereocenters. The Morgan fingerprint density at radius 2 is 1.62 bits per heavy atom. The van der Waals surface area contributed by atoms with Crippen molar-refractivity contribution < 1.29 is 21.6 Å². The summed E-state index contributed by atoms with van der Waals surface area (Å²) in [6.07, 6.45) is 0. The van der Waals surface area contributed by atoms with Crippen molar-refractivity contribution in [1.29, 1.82) is 0 Å². The molecule has 142 valence electrons. The van der Waals surface area contributed by atoms with E-state index >= 15 is 0 Å². The first-order valence-electron chi connectivity index (χ1n) is 7.74. The van der Waals surface area contributed by atoms with Crippen LogP contribution >= 0.6 is 0 Å². The summed E-state index contributed by atoms with van der Waals surface area (Å²) in [5.41, 5.74) is 1.43. The number of hydrogen-bond donors (Lipinski definition) is 1. The van der Waals surface area contributed by atoms with Crippen molar-refractivity contribution in [3.05, 3.63) is 53.6 Å². The van der Waals surface area contributed by atoms with Gasteiger partial charge in [-0.05, 0) is 49.2 Å². The molecule has 0 fully saturated rings. The summed E-state index contributed by atoms with van der Waals surface area (Å²) in [5, 5.41) is 5.09. The molecule has 0 saturated heterocycles. The number of nitrogens with two attached hydrogens (primary N) is 1. The summed E-state index contributed by atoms with van der Waals surface area (Å²) in [5.74, 6) is 0.263. The number of hydrogen-bond acceptors (Lipinski definition) is 5. The molecule has 0 aliphatic carbocycles. The van der Waals surface area contributed by atoms with Gasteiger partial charge < -0.3 is 4.74 Å². The van der Waals surface area contributed by atoms with Gasteiger partial charge in [-0.25, -0.2) is 22.0 Å². The Morgan fingerprint density at radius 1 is 1.04 bits per heavy atom. The van der Waals surface area contributed by atoms with Crippen LogP contribution in [0, 0.1) is 6.92 Å². The smallest absolute Gasteiger partial charge is 0.247 e. The van der Waals surface area contributed by atoms with Gasteiger partial charge in [0.2, 0.25) is 20.0 Å².